The zero-order valence-electron chi connectivity index (χ0n) is 9.09. The second-order valence-corrected chi connectivity index (χ2v) is 5.28. The van der Waals surface area contributed by atoms with Gasteiger partial charge in [0, 0.05) is 5.69 Å². The lowest BCUT2D eigenvalue weighted by Crippen LogP contribution is -2.14. The SMILES string of the molecule is Nc1cc(NC(=O)CSc2ncns2)ccc1F. The number of nitrogens with two attached hydrogens (primary N) is 1. The fourth-order valence-corrected chi connectivity index (χ4v) is 2.42. The van der Waals surface area contributed by atoms with Gasteiger partial charge in [-0.2, -0.15) is 4.37 Å². The summed E-state index contributed by atoms with van der Waals surface area (Å²) in [5.41, 5.74) is 5.87. The third-order valence-corrected chi connectivity index (χ3v) is 3.74. The Morgan fingerprint density at radius 2 is 2.39 bits per heavy atom. The lowest BCUT2D eigenvalue weighted by atomic mass is 10.2. The van der Waals surface area contributed by atoms with Crippen LogP contribution in [0.1, 0.15) is 0 Å². The minimum atomic E-state index is -0.503. The quantitative estimate of drug-likeness (QED) is 0.663. The van der Waals surface area contributed by atoms with Crippen LogP contribution in [0.2, 0.25) is 0 Å². The smallest absolute Gasteiger partial charge is 0.234 e. The van der Waals surface area contributed by atoms with Gasteiger partial charge in [-0.25, -0.2) is 9.37 Å². The monoisotopic (exact) mass is 284 g/mol. The van der Waals surface area contributed by atoms with E-state index in [1.54, 1.807) is 0 Å². The number of nitrogens with one attached hydrogen (secondary N) is 1. The Bertz CT molecular complexity index is 547. The van der Waals surface area contributed by atoms with Crippen LogP contribution >= 0.6 is 23.3 Å². The van der Waals surface area contributed by atoms with Crippen LogP contribution in [-0.4, -0.2) is 21.0 Å². The van der Waals surface area contributed by atoms with Crippen molar-refractivity contribution in [3.05, 3.63) is 30.3 Å². The lowest BCUT2D eigenvalue weighted by Gasteiger charge is -2.05. The molecule has 0 bridgehead atoms. The van der Waals surface area contributed by atoms with E-state index in [1.165, 1.54) is 47.8 Å². The predicted molar refractivity (Wildman–Crippen MR) is 70.1 cm³/mol. The van der Waals surface area contributed by atoms with Gasteiger partial charge in [0.25, 0.3) is 0 Å². The van der Waals surface area contributed by atoms with Crippen molar-refractivity contribution in [2.45, 2.75) is 4.34 Å². The van der Waals surface area contributed by atoms with Gasteiger partial charge < -0.3 is 11.1 Å². The van der Waals surface area contributed by atoms with Gasteiger partial charge in [-0.1, -0.05) is 11.8 Å². The molecule has 8 heteroatoms. The molecule has 0 aliphatic heterocycles. The van der Waals surface area contributed by atoms with E-state index in [0.29, 0.717) is 5.69 Å². The molecule has 3 N–H and O–H groups in total. The van der Waals surface area contributed by atoms with Crippen LogP contribution < -0.4 is 11.1 Å². The van der Waals surface area contributed by atoms with Crippen LogP contribution in [-0.2, 0) is 4.79 Å². The van der Waals surface area contributed by atoms with Gasteiger partial charge >= 0.3 is 0 Å². The summed E-state index contributed by atoms with van der Waals surface area (Å²) < 4.78 is 17.5. The summed E-state index contributed by atoms with van der Waals surface area (Å²) in [5.74, 6) is -0.496. The molecule has 0 saturated carbocycles. The molecule has 1 aromatic heterocycles. The van der Waals surface area contributed by atoms with Gasteiger partial charge in [-0.3, -0.25) is 4.79 Å². The van der Waals surface area contributed by atoms with E-state index in [2.05, 4.69) is 14.7 Å². The largest absolute Gasteiger partial charge is 0.396 e. The maximum absolute atomic E-state index is 12.9. The minimum absolute atomic E-state index is 0.00424. The first-order chi connectivity index (χ1) is 8.65. The number of hydrogen-bond donors (Lipinski definition) is 2. The molecule has 0 unspecified atom stereocenters. The van der Waals surface area contributed by atoms with Crippen LogP contribution in [0.4, 0.5) is 15.8 Å². The molecule has 0 radical (unpaired) electrons. The van der Waals surface area contributed by atoms with E-state index < -0.39 is 5.82 Å². The molecule has 2 aromatic rings. The average molecular weight is 284 g/mol. The van der Waals surface area contributed by atoms with Crippen molar-refractivity contribution in [1.29, 1.82) is 0 Å². The third kappa shape index (κ3) is 3.41. The molecule has 2 rings (SSSR count). The predicted octanol–water partition coefficient (Wildman–Crippen LogP) is 1.99. The summed E-state index contributed by atoms with van der Waals surface area (Å²) >= 11 is 2.52. The van der Waals surface area contributed by atoms with Gasteiger partial charge in [-0.15, -0.1) is 0 Å². The number of hydrogen-bond acceptors (Lipinski definition) is 6. The van der Waals surface area contributed by atoms with E-state index in [9.17, 15) is 9.18 Å². The molecule has 1 heterocycles. The van der Waals surface area contributed by atoms with Gasteiger partial charge in [0.2, 0.25) is 5.91 Å². The topological polar surface area (TPSA) is 80.9 Å². The Hall–Kier alpha value is -1.67. The fourth-order valence-electron chi connectivity index (χ4n) is 1.17. The maximum Gasteiger partial charge on any atom is 0.234 e. The Balaban J connectivity index is 1.88. The second kappa shape index (κ2) is 5.78. The average Bonchev–Trinajstić information content (AvgIpc) is 2.84. The summed E-state index contributed by atoms with van der Waals surface area (Å²) in [5, 5.41) is 2.62. The highest BCUT2D eigenvalue weighted by molar-refractivity contribution is 8.01. The molecule has 1 amide bonds. The highest BCUT2D eigenvalue weighted by Gasteiger charge is 2.07. The van der Waals surface area contributed by atoms with Crippen molar-refractivity contribution in [3.8, 4) is 0 Å². The Morgan fingerprint density at radius 1 is 1.56 bits per heavy atom. The number of carbonyl (C=O) groups excluding carboxylic acids is 1. The second-order valence-electron chi connectivity index (χ2n) is 3.28. The molecule has 18 heavy (non-hydrogen) atoms. The maximum atomic E-state index is 12.9. The fraction of sp³-hybridized carbons (Fsp3) is 0.100. The standard InChI is InChI=1S/C10H9FN4OS2/c11-7-2-1-6(3-8(7)12)15-9(16)4-17-10-13-5-14-18-10/h1-3,5H,4,12H2,(H,15,16). The van der Waals surface area contributed by atoms with Crippen molar-refractivity contribution in [2.75, 3.05) is 16.8 Å². The van der Waals surface area contributed by atoms with Crippen LogP contribution in [0.15, 0.2) is 28.9 Å². The Kier molecular flexibility index (Phi) is 4.11. The Labute approximate surface area is 111 Å². The molecule has 1 aromatic carbocycles. The number of carbonyl (C=O) groups is 1. The van der Waals surface area contributed by atoms with Crippen LogP contribution in [0, 0.1) is 5.82 Å². The summed E-state index contributed by atoms with van der Waals surface area (Å²) in [6.45, 7) is 0. The summed E-state index contributed by atoms with van der Waals surface area (Å²) in [6.07, 6.45) is 1.44. The van der Waals surface area contributed by atoms with Crippen molar-refractivity contribution < 1.29 is 9.18 Å². The first-order valence-corrected chi connectivity index (χ1v) is 6.65. The van der Waals surface area contributed by atoms with Gasteiger partial charge in [0.05, 0.1) is 11.4 Å². The molecule has 94 valence electrons. The van der Waals surface area contributed by atoms with E-state index in [4.69, 9.17) is 5.73 Å². The molecule has 0 spiro atoms. The molecule has 0 saturated heterocycles. The van der Waals surface area contributed by atoms with E-state index >= 15 is 0 Å². The normalized spacial score (nSPS) is 10.3. The minimum Gasteiger partial charge on any atom is -0.396 e. The van der Waals surface area contributed by atoms with Crippen molar-refractivity contribution >= 4 is 40.6 Å². The molecule has 0 aliphatic rings. The van der Waals surface area contributed by atoms with E-state index in [1.807, 2.05) is 0 Å². The summed E-state index contributed by atoms with van der Waals surface area (Å²) in [4.78, 5) is 15.5. The van der Waals surface area contributed by atoms with Crippen molar-refractivity contribution in [3.63, 3.8) is 0 Å². The number of aromatic nitrogens is 2. The first-order valence-electron chi connectivity index (χ1n) is 4.89. The molecular weight excluding hydrogens is 275 g/mol. The van der Waals surface area contributed by atoms with Crippen molar-refractivity contribution in [2.24, 2.45) is 0 Å². The van der Waals surface area contributed by atoms with Gasteiger partial charge in [-0.05, 0) is 29.7 Å². The Morgan fingerprint density at radius 3 is 3.06 bits per heavy atom. The molecule has 0 atom stereocenters. The number of benzene rings is 1. The number of thioether (sulfide) groups is 1. The third-order valence-electron chi connectivity index (χ3n) is 1.95. The number of nitrogens with zero attached hydrogens (tertiary/aromatic N) is 2. The molecule has 0 fully saturated rings. The number of anilines is 2. The van der Waals surface area contributed by atoms with E-state index in [-0.39, 0.29) is 17.3 Å². The van der Waals surface area contributed by atoms with Gasteiger partial charge in [0.15, 0.2) is 4.34 Å². The first kappa shape index (κ1) is 12.8. The molecule has 5 nitrogen and oxygen atoms in total. The number of amides is 1. The number of nitrogen functional groups attached to an aromatic ring is 1. The van der Waals surface area contributed by atoms with E-state index in [0.717, 1.165) is 4.34 Å². The summed E-state index contributed by atoms with van der Waals surface area (Å²) in [7, 11) is 0. The highest BCUT2D eigenvalue weighted by Crippen LogP contribution is 2.19. The number of rotatable bonds is 4. The van der Waals surface area contributed by atoms with Crippen LogP contribution in [0.25, 0.3) is 0 Å². The van der Waals surface area contributed by atoms with Crippen LogP contribution in [0.5, 0.6) is 0 Å². The van der Waals surface area contributed by atoms with Crippen molar-refractivity contribution in [1.82, 2.24) is 9.36 Å². The number of halogens is 1. The molecule has 0 aliphatic carbocycles. The zero-order chi connectivity index (χ0) is 13.0. The zero-order valence-corrected chi connectivity index (χ0v) is 10.7. The summed E-state index contributed by atoms with van der Waals surface area (Å²) in [6, 6.07) is 4.05. The van der Waals surface area contributed by atoms with Crippen LogP contribution in [0.3, 0.4) is 0 Å². The highest BCUT2D eigenvalue weighted by atomic mass is 32.2. The molecular formula is C10H9FN4OS2. The lowest BCUT2D eigenvalue weighted by molar-refractivity contribution is -0.113. The van der Waals surface area contributed by atoms with Gasteiger partial charge in [0.1, 0.15) is 12.1 Å².